The molecule has 2 aliphatic rings. The van der Waals surface area contributed by atoms with E-state index in [0.717, 1.165) is 60.8 Å². The van der Waals surface area contributed by atoms with E-state index < -0.39 is 0 Å². The predicted molar refractivity (Wildman–Crippen MR) is 165 cm³/mol. The molecule has 0 fully saturated rings. The van der Waals surface area contributed by atoms with Crippen LogP contribution in [-0.4, -0.2) is 32.3 Å². The van der Waals surface area contributed by atoms with Gasteiger partial charge >= 0.3 is 0 Å². The number of aliphatic hydroxyl groups is 1. The lowest BCUT2D eigenvalue weighted by Crippen LogP contribution is -2.26. The fourth-order valence-electron chi connectivity index (χ4n) is 6.48. The number of nitrogens with zero attached hydrogens (tertiary/aromatic N) is 2. The summed E-state index contributed by atoms with van der Waals surface area (Å²) in [7, 11) is 0. The maximum absolute atomic E-state index is 13.6. The van der Waals surface area contributed by atoms with Crippen molar-refractivity contribution >= 4 is 55.7 Å². The van der Waals surface area contributed by atoms with Gasteiger partial charge in [0, 0.05) is 46.7 Å². The number of carbonyl (C=O) groups is 1. The smallest absolute Gasteiger partial charge is 0.214 e. The number of unbranched alkanes of at least 4 members (excludes halogenated alkanes) is 2. The molecule has 0 radical (unpaired) electrons. The number of ketones is 1. The molecule has 1 N–H and O–H groups in total. The van der Waals surface area contributed by atoms with Crippen molar-refractivity contribution in [3.63, 3.8) is 0 Å². The molecule has 4 heteroatoms. The summed E-state index contributed by atoms with van der Waals surface area (Å²) in [4.78, 5) is 13.6. The molecule has 198 valence electrons. The van der Waals surface area contributed by atoms with Gasteiger partial charge in [0.2, 0.25) is 17.2 Å². The van der Waals surface area contributed by atoms with Gasteiger partial charge in [-0.15, -0.1) is 0 Å². The van der Waals surface area contributed by atoms with Crippen LogP contribution < -0.4 is 5.35 Å². The van der Waals surface area contributed by atoms with Crippen LogP contribution in [0.3, 0.4) is 0 Å². The van der Waals surface area contributed by atoms with E-state index in [-0.39, 0.29) is 11.5 Å². The quantitative estimate of drug-likeness (QED) is 0.168. The zero-order valence-electron chi connectivity index (χ0n) is 23.1. The first-order valence-corrected chi connectivity index (χ1v) is 14.5. The lowest BCUT2D eigenvalue weighted by Gasteiger charge is -2.18. The summed E-state index contributed by atoms with van der Waals surface area (Å²) >= 11 is 0. The second kappa shape index (κ2) is 9.63. The second-order valence-corrected chi connectivity index (χ2v) is 10.9. The van der Waals surface area contributed by atoms with Crippen LogP contribution in [0.1, 0.15) is 45.1 Å². The Labute approximate surface area is 233 Å². The Kier molecular flexibility index (Phi) is 5.92. The number of aromatic nitrogens is 1. The number of hydrogen-bond acceptors (Lipinski definition) is 2. The fraction of sp³-hybridized carbons (Fsp3) is 0.222. The van der Waals surface area contributed by atoms with Crippen LogP contribution in [0.25, 0.3) is 38.5 Å². The molecule has 0 saturated heterocycles. The number of aryl methyl sites for hydroxylation is 1. The van der Waals surface area contributed by atoms with E-state index in [1.807, 2.05) is 12.2 Å². The second-order valence-electron chi connectivity index (χ2n) is 10.9. The first kappa shape index (κ1) is 24.6. The molecular formula is C36H33N2O2+. The normalized spacial score (nSPS) is 16.5. The van der Waals surface area contributed by atoms with Crippen LogP contribution in [0.5, 0.6) is 0 Å². The molecule has 4 nitrogen and oxygen atoms in total. The zero-order chi connectivity index (χ0) is 27.4. The average molecular weight is 526 g/mol. The van der Waals surface area contributed by atoms with Crippen molar-refractivity contribution in [1.29, 1.82) is 0 Å². The number of carbonyl (C=O) groups excluding carboxylic acids is 1. The first-order chi connectivity index (χ1) is 19.6. The molecule has 0 unspecified atom stereocenters. The molecule has 0 amide bonds. The van der Waals surface area contributed by atoms with Crippen LogP contribution in [0.2, 0.25) is 0 Å². The average Bonchev–Trinajstić information content (AvgIpc) is 3.46. The summed E-state index contributed by atoms with van der Waals surface area (Å²) in [5, 5.41) is 18.2. The van der Waals surface area contributed by atoms with Gasteiger partial charge in [-0.1, -0.05) is 81.3 Å². The Hall–Kier alpha value is -4.44. The van der Waals surface area contributed by atoms with Gasteiger partial charge in [-0.2, -0.15) is 4.58 Å². The molecule has 5 aromatic rings. The SMILES string of the molecule is CCCCn1c(=CC2=C(O)C(=CC3=[N+](CCCC)c4cccc5cccc3c45)C2=O)c2cccc3cccc1c32. The highest BCUT2D eigenvalue weighted by atomic mass is 16.3. The Bertz CT molecular complexity index is 1990. The van der Waals surface area contributed by atoms with Crippen LogP contribution in [0.15, 0.2) is 95.8 Å². The monoisotopic (exact) mass is 525 g/mol. The maximum atomic E-state index is 13.6. The van der Waals surface area contributed by atoms with Crippen molar-refractivity contribution in [1.82, 2.24) is 4.57 Å². The van der Waals surface area contributed by atoms with Gasteiger partial charge < -0.3 is 9.67 Å². The summed E-state index contributed by atoms with van der Waals surface area (Å²) < 4.78 is 4.62. The Morgan fingerprint density at radius 2 is 1.52 bits per heavy atom. The van der Waals surface area contributed by atoms with Gasteiger partial charge in [-0.25, -0.2) is 0 Å². The molecule has 0 saturated carbocycles. The Balaban J connectivity index is 1.39. The lowest BCUT2D eigenvalue weighted by atomic mass is 9.86. The van der Waals surface area contributed by atoms with E-state index in [4.69, 9.17) is 0 Å². The Morgan fingerprint density at radius 3 is 2.27 bits per heavy atom. The maximum Gasteiger partial charge on any atom is 0.214 e. The largest absolute Gasteiger partial charge is 0.506 e. The van der Waals surface area contributed by atoms with Crippen LogP contribution in [0.4, 0.5) is 5.69 Å². The highest BCUT2D eigenvalue weighted by Gasteiger charge is 2.37. The highest BCUT2D eigenvalue weighted by Crippen LogP contribution is 2.38. The van der Waals surface area contributed by atoms with Gasteiger partial charge in [0.05, 0.1) is 22.1 Å². The number of aliphatic hydroxyl groups excluding tert-OH is 1. The van der Waals surface area contributed by atoms with Crippen LogP contribution in [-0.2, 0) is 11.3 Å². The summed E-state index contributed by atoms with van der Waals surface area (Å²) in [5.41, 5.74) is 5.24. The van der Waals surface area contributed by atoms with Crippen molar-refractivity contribution in [2.24, 2.45) is 0 Å². The van der Waals surface area contributed by atoms with Crippen molar-refractivity contribution < 1.29 is 14.5 Å². The molecule has 7 rings (SSSR count). The van der Waals surface area contributed by atoms with E-state index in [2.05, 4.69) is 95.8 Å². The zero-order valence-corrected chi connectivity index (χ0v) is 23.1. The van der Waals surface area contributed by atoms with Crippen molar-refractivity contribution in [3.05, 3.63) is 107 Å². The van der Waals surface area contributed by atoms with Crippen molar-refractivity contribution in [2.75, 3.05) is 6.54 Å². The Morgan fingerprint density at radius 1 is 0.825 bits per heavy atom. The fourth-order valence-corrected chi connectivity index (χ4v) is 6.48. The number of Topliss-reactive ketones (excluding diaryl/α,β-unsaturated/α-hetero) is 1. The third-order valence-corrected chi connectivity index (χ3v) is 8.51. The van der Waals surface area contributed by atoms with Crippen LogP contribution in [0, 0.1) is 0 Å². The molecule has 0 atom stereocenters. The number of rotatable bonds is 8. The van der Waals surface area contributed by atoms with Crippen LogP contribution >= 0.6 is 0 Å². The minimum Gasteiger partial charge on any atom is -0.506 e. The van der Waals surface area contributed by atoms with Crippen molar-refractivity contribution in [2.45, 2.75) is 46.1 Å². The summed E-state index contributed by atoms with van der Waals surface area (Å²) in [6.45, 7) is 6.12. The number of hydrogen-bond donors (Lipinski definition) is 1. The van der Waals surface area contributed by atoms with Gasteiger partial charge in [0.15, 0.2) is 0 Å². The minimum atomic E-state index is -0.102. The van der Waals surface area contributed by atoms with Gasteiger partial charge in [0.1, 0.15) is 12.3 Å². The van der Waals surface area contributed by atoms with E-state index in [9.17, 15) is 9.90 Å². The summed E-state index contributed by atoms with van der Waals surface area (Å²) in [5.74, 6) is -0.0169. The molecule has 4 aromatic carbocycles. The molecule has 0 spiro atoms. The van der Waals surface area contributed by atoms with E-state index in [1.165, 1.54) is 32.7 Å². The summed E-state index contributed by atoms with van der Waals surface area (Å²) in [6, 6.07) is 25.4. The predicted octanol–water partition coefficient (Wildman–Crippen LogP) is 7.52. The number of benzene rings is 4. The molecule has 1 aliphatic heterocycles. The van der Waals surface area contributed by atoms with Gasteiger partial charge in [-0.05, 0) is 35.4 Å². The molecule has 40 heavy (non-hydrogen) atoms. The third kappa shape index (κ3) is 3.59. The molecular weight excluding hydrogens is 492 g/mol. The van der Waals surface area contributed by atoms with Crippen molar-refractivity contribution in [3.8, 4) is 0 Å². The van der Waals surface area contributed by atoms with E-state index in [0.29, 0.717) is 11.1 Å². The highest BCUT2D eigenvalue weighted by molar-refractivity contribution is 6.29. The molecule has 2 heterocycles. The first-order valence-electron chi connectivity index (χ1n) is 14.5. The molecule has 0 bridgehead atoms. The van der Waals surface area contributed by atoms with Gasteiger partial charge in [-0.3, -0.25) is 4.79 Å². The lowest BCUT2D eigenvalue weighted by molar-refractivity contribution is -0.436. The molecule has 1 aliphatic carbocycles. The van der Waals surface area contributed by atoms with E-state index >= 15 is 0 Å². The van der Waals surface area contributed by atoms with Gasteiger partial charge in [0.25, 0.3) is 0 Å². The van der Waals surface area contributed by atoms with E-state index in [1.54, 1.807) is 0 Å². The minimum absolute atomic E-state index is 0.0853. The summed E-state index contributed by atoms with van der Waals surface area (Å²) in [6.07, 6.45) is 8.07. The topological polar surface area (TPSA) is 45.2 Å². The third-order valence-electron chi connectivity index (χ3n) is 8.51. The molecule has 1 aromatic heterocycles. The number of allylic oxidation sites excluding steroid dienone is 3. The standard InChI is InChI=1S/C36H32N2O2/c1-3-5-19-37-29-17-9-13-23-11-7-15-25(33(23)29)31(37)21-27-35(39)28(36(27)40)22-32-26-16-8-12-24-14-10-18-30(34(24)26)38(32)20-6-4-2/h7-18,21-22H,3-6,19-20H2,1-2H3/p+1.